The van der Waals surface area contributed by atoms with Gasteiger partial charge < -0.3 is 14.6 Å². The number of hydrogen-bond acceptors (Lipinski definition) is 2. The molecule has 1 unspecified atom stereocenters. The number of hydrogen-bond donors (Lipinski definition) is 1. The average Bonchev–Trinajstić information content (AvgIpc) is 2.68. The lowest BCUT2D eigenvalue weighted by Crippen LogP contribution is -2.20. The zero-order chi connectivity index (χ0) is 10.7. The number of nitrogens with zero attached hydrogens (tertiary/aromatic N) is 1. The van der Waals surface area contributed by atoms with Crippen molar-refractivity contribution in [2.75, 3.05) is 13.7 Å². The molecule has 0 aromatic carbocycles. The fraction of sp³-hybridized carbons (Fsp3) is 0.667. The van der Waals surface area contributed by atoms with E-state index in [2.05, 4.69) is 22.3 Å². The molecule has 0 saturated heterocycles. The predicted octanol–water partition coefficient (Wildman–Crippen LogP) is 2.08. The maximum atomic E-state index is 5.41. The number of fused-ring (bicyclic) bond motifs is 1. The molecule has 0 amide bonds. The Morgan fingerprint density at radius 3 is 3.13 bits per heavy atom. The van der Waals surface area contributed by atoms with Crippen molar-refractivity contribution in [3.8, 4) is 0 Å². The average molecular weight is 208 g/mol. The molecule has 1 heterocycles. The molecular weight excluding hydrogens is 188 g/mol. The van der Waals surface area contributed by atoms with Crippen LogP contribution in [0, 0.1) is 0 Å². The maximum absolute atomic E-state index is 5.41. The minimum Gasteiger partial charge on any atom is -0.361 e. The van der Waals surface area contributed by atoms with Crippen molar-refractivity contribution in [2.24, 2.45) is 0 Å². The van der Waals surface area contributed by atoms with E-state index in [-0.39, 0.29) is 0 Å². The normalized spacial score (nSPS) is 20.3. The predicted molar refractivity (Wildman–Crippen MR) is 60.8 cm³/mol. The van der Waals surface area contributed by atoms with Gasteiger partial charge in [0.05, 0.1) is 0 Å². The molecule has 0 saturated carbocycles. The Labute approximate surface area is 91.4 Å². The highest BCUT2D eigenvalue weighted by molar-refractivity contribution is 5.30. The summed E-state index contributed by atoms with van der Waals surface area (Å²) in [6, 6.07) is 0.539. The highest BCUT2D eigenvalue weighted by Crippen LogP contribution is 2.29. The molecule has 0 aliphatic heterocycles. The molecule has 1 atom stereocenters. The zero-order valence-corrected chi connectivity index (χ0v) is 9.62. The van der Waals surface area contributed by atoms with E-state index in [1.165, 1.54) is 30.4 Å². The van der Waals surface area contributed by atoms with Crippen molar-refractivity contribution < 1.29 is 4.74 Å². The van der Waals surface area contributed by atoms with Gasteiger partial charge >= 0.3 is 0 Å². The van der Waals surface area contributed by atoms with Crippen LogP contribution in [0.25, 0.3) is 0 Å². The van der Waals surface area contributed by atoms with Gasteiger partial charge in [-0.2, -0.15) is 0 Å². The molecule has 0 fully saturated rings. The van der Waals surface area contributed by atoms with Crippen LogP contribution in [0.2, 0.25) is 0 Å². The van der Waals surface area contributed by atoms with Gasteiger partial charge in [-0.25, -0.2) is 0 Å². The monoisotopic (exact) mass is 208 g/mol. The van der Waals surface area contributed by atoms with Crippen LogP contribution in [0.4, 0.5) is 0 Å². The molecule has 1 N–H and O–H groups in total. The van der Waals surface area contributed by atoms with Gasteiger partial charge in [-0.15, -0.1) is 0 Å². The third-order valence-electron chi connectivity index (χ3n) is 3.10. The summed E-state index contributed by atoms with van der Waals surface area (Å²) in [5.74, 6) is 0. The number of rotatable bonds is 4. The molecule has 0 spiro atoms. The Hall–Kier alpha value is -0.800. The lowest BCUT2D eigenvalue weighted by Gasteiger charge is -2.21. The van der Waals surface area contributed by atoms with Crippen LogP contribution in [-0.4, -0.2) is 18.2 Å². The summed E-state index contributed by atoms with van der Waals surface area (Å²) in [6.07, 6.45) is 8.21. The topological polar surface area (TPSA) is 26.2 Å². The van der Waals surface area contributed by atoms with Crippen molar-refractivity contribution in [3.05, 3.63) is 23.5 Å². The largest absolute Gasteiger partial charge is 0.361 e. The summed E-state index contributed by atoms with van der Waals surface area (Å²) in [6.45, 7) is 3.48. The smallest absolute Gasteiger partial charge is 0.122 e. The van der Waals surface area contributed by atoms with E-state index >= 15 is 0 Å². The molecule has 2 rings (SSSR count). The SMILES string of the molecule is CCOCn1cc2c(c1)C(NC)CCC2. The standard InChI is InChI=1S/C12H20N2O/c1-3-15-9-14-7-10-5-4-6-12(13-2)11(10)8-14/h7-8,12-13H,3-6,9H2,1-2H3. The number of aromatic nitrogens is 1. The van der Waals surface area contributed by atoms with Gasteiger partial charge in [0.2, 0.25) is 0 Å². The van der Waals surface area contributed by atoms with Crippen LogP contribution < -0.4 is 5.32 Å². The lowest BCUT2D eigenvalue weighted by atomic mass is 9.91. The van der Waals surface area contributed by atoms with Gasteiger partial charge in [0.1, 0.15) is 6.73 Å². The Kier molecular flexibility index (Phi) is 3.44. The zero-order valence-electron chi connectivity index (χ0n) is 9.62. The lowest BCUT2D eigenvalue weighted by molar-refractivity contribution is 0.0879. The Balaban J connectivity index is 2.14. The van der Waals surface area contributed by atoms with Gasteiger partial charge in [0, 0.05) is 25.0 Å². The molecule has 0 bridgehead atoms. The molecule has 84 valence electrons. The second kappa shape index (κ2) is 4.81. The van der Waals surface area contributed by atoms with Gasteiger partial charge in [-0.05, 0) is 44.4 Å². The van der Waals surface area contributed by atoms with E-state index in [0.29, 0.717) is 12.8 Å². The number of ether oxygens (including phenoxy) is 1. The van der Waals surface area contributed by atoms with E-state index in [4.69, 9.17) is 4.74 Å². The second-order valence-corrected chi connectivity index (χ2v) is 4.11. The Morgan fingerprint density at radius 1 is 1.53 bits per heavy atom. The minimum atomic E-state index is 0.539. The van der Waals surface area contributed by atoms with Crippen molar-refractivity contribution in [3.63, 3.8) is 0 Å². The molecule has 1 aromatic rings. The summed E-state index contributed by atoms with van der Waals surface area (Å²) in [5, 5.41) is 3.38. The van der Waals surface area contributed by atoms with Crippen molar-refractivity contribution in [1.82, 2.24) is 9.88 Å². The van der Waals surface area contributed by atoms with Crippen LogP contribution in [0.1, 0.15) is 36.9 Å². The molecule has 1 aliphatic rings. The van der Waals surface area contributed by atoms with Crippen molar-refractivity contribution >= 4 is 0 Å². The highest BCUT2D eigenvalue weighted by atomic mass is 16.5. The first-order chi connectivity index (χ1) is 7.35. The summed E-state index contributed by atoms with van der Waals surface area (Å²) < 4.78 is 7.57. The minimum absolute atomic E-state index is 0.539. The highest BCUT2D eigenvalue weighted by Gasteiger charge is 2.20. The van der Waals surface area contributed by atoms with Gasteiger partial charge in [0.15, 0.2) is 0 Å². The van der Waals surface area contributed by atoms with Crippen LogP contribution in [0.3, 0.4) is 0 Å². The first-order valence-electron chi connectivity index (χ1n) is 5.78. The number of nitrogens with one attached hydrogen (secondary N) is 1. The summed E-state index contributed by atoms with van der Waals surface area (Å²) in [7, 11) is 2.04. The van der Waals surface area contributed by atoms with Crippen LogP contribution in [0.15, 0.2) is 12.4 Å². The fourth-order valence-electron chi connectivity index (χ4n) is 2.32. The second-order valence-electron chi connectivity index (χ2n) is 4.11. The van der Waals surface area contributed by atoms with Gasteiger partial charge in [-0.3, -0.25) is 0 Å². The summed E-state index contributed by atoms with van der Waals surface area (Å²) >= 11 is 0. The van der Waals surface area contributed by atoms with Crippen LogP contribution >= 0.6 is 0 Å². The Bertz CT molecular complexity index is 319. The Morgan fingerprint density at radius 2 is 2.40 bits per heavy atom. The van der Waals surface area contributed by atoms with Gasteiger partial charge in [-0.1, -0.05) is 0 Å². The maximum Gasteiger partial charge on any atom is 0.122 e. The first-order valence-corrected chi connectivity index (χ1v) is 5.78. The first kappa shape index (κ1) is 10.7. The molecule has 1 aromatic heterocycles. The molecule has 3 nitrogen and oxygen atoms in total. The quantitative estimate of drug-likeness (QED) is 0.820. The van der Waals surface area contributed by atoms with Gasteiger partial charge in [0.25, 0.3) is 0 Å². The summed E-state index contributed by atoms with van der Waals surface area (Å²) in [5.41, 5.74) is 2.95. The van der Waals surface area contributed by atoms with E-state index in [1.807, 2.05) is 14.0 Å². The summed E-state index contributed by atoms with van der Waals surface area (Å²) in [4.78, 5) is 0. The van der Waals surface area contributed by atoms with E-state index in [9.17, 15) is 0 Å². The van der Waals surface area contributed by atoms with Crippen molar-refractivity contribution in [2.45, 2.75) is 39.0 Å². The van der Waals surface area contributed by atoms with E-state index in [0.717, 1.165) is 6.61 Å². The fourth-order valence-corrected chi connectivity index (χ4v) is 2.32. The molecule has 0 radical (unpaired) electrons. The van der Waals surface area contributed by atoms with E-state index in [1.54, 1.807) is 0 Å². The molecular formula is C12H20N2O. The van der Waals surface area contributed by atoms with Crippen LogP contribution in [0.5, 0.6) is 0 Å². The number of aryl methyl sites for hydroxylation is 1. The third-order valence-corrected chi connectivity index (χ3v) is 3.10. The molecule has 3 heteroatoms. The van der Waals surface area contributed by atoms with Crippen molar-refractivity contribution in [1.29, 1.82) is 0 Å². The molecule has 1 aliphatic carbocycles. The molecule has 15 heavy (non-hydrogen) atoms. The third kappa shape index (κ3) is 2.24. The van der Waals surface area contributed by atoms with Crippen LogP contribution in [-0.2, 0) is 17.9 Å². The van der Waals surface area contributed by atoms with E-state index < -0.39 is 0 Å².